The molecule has 0 spiro atoms. The predicted octanol–water partition coefficient (Wildman–Crippen LogP) is 4.85. The van der Waals surface area contributed by atoms with Gasteiger partial charge in [-0.15, -0.1) is 5.10 Å². The molecule has 41 heavy (non-hydrogen) atoms. The molecule has 0 saturated carbocycles. The van der Waals surface area contributed by atoms with Gasteiger partial charge in [-0.1, -0.05) is 41.7 Å². The summed E-state index contributed by atoms with van der Waals surface area (Å²) in [5, 5.41) is 9.35. The van der Waals surface area contributed by atoms with Gasteiger partial charge in [0.25, 0.3) is 5.56 Å². The van der Waals surface area contributed by atoms with Gasteiger partial charge in [0, 0.05) is 24.2 Å². The number of fused-ring (bicyclic) bond motifs is 1. The van der Waals surface area contributed by atoms with Gasteiger partial charge in [-0.25, -0.2) is 4.68 Å². The van der Waals surface area contributed by atoms with E-state index in [4.69, 9.17) is 14.6 Å². The van der Waals surface area contributed by atoms with Crippen LogP contribution in [0.15, 0.2) is 83.8 Å². The maximum absolute atomic E-state index is 13.5. The van der Waals surface area contributed by atoms with Crippen molar-refractivity contribution in [3.63, 3.8) is 0 Å². The molecular formula is C31H25N5O4S. The first-order chi connectivity index (χ1) is 19.9. The quantitative estimate of drug-likeness (QED) is 0.202. The Morgan fingerprint density at radius 3 is 2.51 bits per heavy atom. The van der Waals surface area contributed by atoms with Gasteiger partial charge in [-0.2, -0.15) is 14.6 Å². The molecule has 0 unspecified atom stereocenters. The number of rotatable bonds is 7. The molecule has 0 atom stereocenters. The van der Waals surface area contributed by atoms with Crippen LogP contribution >= 0.6 is 11.3 Å². The number of carbonyl (C=O) groups is 1. The van der Waals surface area contributed by atoms with E-state index in [9.17, 15) is 9.59 Å². The number of carbonyl (C=O) groups excluding carboxylic acids is 1. The van der Waals surface area contributed by atoms with Crippen molar-refractivity contribution in [2.24, 2.45) is 0 Å². The molecule has 10 heteroatoms. The minimum atomic E-state index is -0.450. The van der Waals surface area contributed by atoms with Crippen LogP contribution in [-0.4, -0.2) is 37.0 Å². The third kappa shape index (κ3) is 5.12. The number of ether oxygens (including phenoxy) is 2. The van der Waals surface area contributed by atoms with Gasteiger partial charge < -0.3 is 9.47 Å². The Bertz CT molecular complexity index is 2010. The van der Waals surface area contributed by atoms with Crippen molar-refractivity contribution in [1.29, 1.82) is 0 Å². The Kier molecular flexibility index (Phi) is 6.90. The van der Waals surface area contributed by atoms with E-state index in [0.29, 0.717) is 33.2 Å². The van der Waals surface area contributed by atoms with E-state index in [1.807, 2.05) is 79.3 Å². The second kappa shape index (κ2) is 10.8. The molecule has 0 aliphatic rings. The van der Waals surface area contributed by atoms with Gasteiger partial charge >= 0.3 is 5.97 Å². The highest BCUT2D eigenvalue weighted by molar-refractivity contribution is 7.15. The second-order valence-corrected chi connectivity index (χ2v) is 10.3. The lowest BCUT2D eigenvalue weighted by Gasteiger charge is -2.08. The maximum atomic E-state index is 13.5. The molecule has 0 amide bonds. The lowest BCUT2D eigenvalue weighted by Crippen LogP contribution is -2.23. The maximum Gasteiger partial charge on any atom is 0.308 e. The first-order valence-electron chi connectivity index (χ1n) is 13.0. The van der Waals surface area contributed by atoms with Gasteiger partial charge in [-0.3, -0.25) is 9.59 Å². The van der Waals surface area contributed by atoms with E-state index < -0.39 is 5.97 Å². The van der Waals surface area contributed by atoms with Gasteiger partial charge in [0.05, 0.1) is 22.4 Å². The molecule has 9 nitrogen and oxygen atoms in total. The molecule has 6 rings (SSSR count). The van der Waals surface area contributed by atoms with E-state index in [2.05, 4.69) is 10.1 Å². The average Bonchev–Trinajstić information content (AvgIpc) is 3.65. The zero-order valence-electron chi connectivity index (χ0n) is 22.6. The van der Waals surface area contributed by atoms with Crippen molar-refractivity contribution in [2.45, 2.75) is 20.8 Å². The molecule has 3 aromatic heterocycles. The zero-order valence-corrected chi connectivity index (χ0v) is 23.4. The summed E-state index contributed by atoms with van der Waals surface area (Å²) >= 11 is 1.23. The highest BCUT2D eigenvalue weighted by Crippen LogP contribution is 2.31. The van der Waals surface area contributed by atoms with Gasteiger partial charge in [0.2, 0.25) is 4.96 Å². The van der Waals surface area contributed by atoms with Crippen LogP contribution in [-0.2, 0) is 4.79 Å². The molecule has 0 aliphatic carbocycles. The van der Waals surface area contributed by atoms with Crippen LogP contribution in [0.25, 0.3) is 39.4 Å². The smallest absolute Gasteiger partial charge is 0.308 e. The predicted molar refractivity (Wildman–Crippen MR) is 158 cm³/mol. The minimum Gasteiger partial charge on any atom is -0.494 e. The number of aryl methyl sites for hydroxylation is 1. The van der Waals surface area contributed by atoms with E-state index in [-0.39, 0.29) is 5.56 Å². The molecular weight excluding hydrogens is 538 g/mol. The summed E-state index contributed by atoms with van der Waals surface area (Å²) in [6, 6.07) is 22.7. The third-order valence-corrected chi connectivity index (χ3v) is 7.34. The van der Waals surface area contributed by atoms with Crippen LogP contribution in [0.1, 0.15) is 25.0 Å². The molecule has 0 N–H and O–H groups in total. The molecule has 0 bridgehead atoms. The molecule has 204 valence electrons. The fraction of sp³-hybridized carbons (Fsp3) is 0.129. The zero-order chi connectivity index (χ0) is 28.5. The highest BCUT2D eigenvalue weighted by Gasteiger charge is 2.18. The van der Waals surface area contributed by atoms with Crippen LogP contribution in [0.2, 0.25) is 0 Å². The van der Waals surface area contributed by atoms with Crippen LogP contribution in [0.4, 0.5) is 0 Å². The van der Waals surface area contributed by atoms with Crippen molar-refractivity contribution in [3.8, 4) is 39.8 Å². The second-order valence-electron chi connectivity index (χ2n) is 9.26. The van der Waals surface area contributed by atoms with Crippen molar-refractivity contribution in [2.75, 3.05) is 6.61 Å². The first-order valence-corrected chi connectivity index (χ1v) is 13.8. The van der Waals surface area contributed by atoms with Crippen LogP contribution < -0.4 is 19.6 Å². The van der Waals surface area contributed by atoms with Crippen LogP contribution in [0, 0.1) is 6.92 Å². The molecule has 0 saturated heterocycles. The van der Waals surface area contributed by atoms with E-state index in [1.165, 1.54) is 22.8 Å². The van der Waals surface area contributed by atoms with Gasteiger partial charge in [0.15, 0.2) is 5.82 Å². The average molecular weight is 564 g/mol. The summed E-state index contributed by atoms with van der Waals surface area (Å²) in [5.74, 6) is 0.982. The van der Waals surface area contributed by atoms with E-state index >= 15 is 0 Å². The highest BCUT2D eigenvalue weighted by atomic mass is 32.1. The van der Waals surface area contributed by atoms with E-state index in [0.717, 1.165) is 33.8 Å². The van der Waals surface area contributed by atoms with Crippen molar-refractivity contribution in [1.82, 2.24) is 24.4 Å². The number of aromatic nitrogens is 5. The fourth-order valence-electron chi connectivity index (χ4n) is 4.56. The summed E-state index contributed by atoms with van der Waals surface area (Å²) in [5.41, 5.74) is 4.59. The summed E-state index contributed by atoms with van der Waals surface area (Å²) in [7, 11) is 0. The van der Waals surface area contributed by atoms with Crippen LogP contribution in [0.3, 0.4) is 0 Å². The number of hydrogen-bond acceptors (Lipinski definition) is 8. The third-order valence-electron chi connectivity index (χ3n) is 6.38. The summed E-state index contributed by atoms with van der Waals surface area (Å²) in [4.78, 5) is 30.0. The summed E-state index contributed by atoms with van der Waals surface area (Å²) in [6.45, 7) is 5.88. The number of benzene rings is 3. The number of hydrogen-bond donors (Lipinski definition) is 0. The SMILES string of the molecule is CCOc1ccc(-c2nn(-c3ccccc3)cc2C=c2sc3nc(-c4ccccc4OC(C)=O)nn3c2=O)c(C)c1. The molecule has 0 aliphatic heterocycles. The normalized spacial score (nSPS) is 11.7. The Morgan fingerprint density at radius 1 is 1.00 bits per heavy atom. The van der Waals surface area contributed by atoms with Crippen molar-refractivity contribution in [3.05, 3.63) is 105 Å². The molecule has 3 aromatic carbocycles. The standard InChI is InChI=1S/C31H25N5O4S/c1-4-39-23-14-15-24(19(2)16-23)28-21(18-35(33-28)22-10-6-5-7-11-22)17-27-30(38)36-31(41-27)32-29(34-36)25-12-8-9-13-26(25)40-20(3)37/h5-18H,4H2,1-3H3. The molecule has 0 radical (unpaired) electrons. The van der Waals surface area contributed by atoms with Crippen molar-refractivity contribution >= 4 is 28.3 Å². The number of esters is 1. The van der Waals surface area contributed by atoms with Crippen LogP contribution in [0.5, 0.6) is 11.5 Å². The summed E-state index contributed by atoms with van der Waals surface area (Å²) < 4.78 is 14.5. The van der Waals surface area contributed by atoms with E-state index in [1.54, 1.807) is 24.3 Å². The fourth-order valence-corrected chi connectivity index (χ4v) is 5.46. The largest absolute Gasteiger partial charge is 0.494 e. The van der Waals surface area contributed by atoms with Gasteiger partial charge in [-0.05, 0) is 68.0 Å². The Labute approximate surface area is 238 Å². The Balaban J connectivity index is 1.47. The van der Waals surface area contributed by atoms with Gasteiger partial charge in [0.1, 0.15) is 17.2 Å². The molecule has 6 aromatic rings. The molecule has 0 fully saturated rings. The number of para-hydroxylation sites is 2. The van der Waals surface area contributed by atoms with Crippen molar-refractivity contribution < 1.29 is 14.3 Å². The lowest BCUT2D eigenvalue weighted by molar-refractivity contribution is -0.131. The Morgan fingerprint density at radius 2 is 1.78 bits per heavy atom. The Hall–Kier alpha value is -5.09. The minimum absolute atomic E-state index is 0.296. The number of thiazole rings is 1. The monoisotopic (exact) mass is 563 g/mol. The molecule has 3 heterocycles. The number of nitrogens with zero attached hydrogens (tertiary/aromatic N) is 5. The lowest BCUT2D eigenvalue weighted by atomic mass is 10.0. The summed E-state index contributed by atoms with van der Waals surface area (Å²) in [6.07, 6.45) is 3.74. The first kappa shape index (κ1) is 26.1. The topological polar surface area (TPSA) is 101 Å².